The summed E-state index contributed by atoms with van der Waals surface area (Å²) in [5, 5.41) is 2.33. The highest BCUT2D eigenvalue weighted by molar-refractivity contribution is 6.09. The minimum Gasteiger partial charge on any atom is -0.458 e. The quantitative estimate of drug-likeness (QED) is 0.102. The average Bonchev–Trinajstić information content (AvgIpc) is 3.90. The first-order chi connectivity index (χ1) is 31.5. The van der Waals surface area contributed by atoms with Crippen LogP contribution in [0.5, 0.6) is 11.5 Å². The molecule has 3 aromatic heterocycles. The van der Waals surface area contributed by atoms with Crippen LogP contribution in [0.4, 0.5) is 0 Å². The largest absolute Gasteiger partial charge is 0.458 e. The molecule has 0 aliphatic heterocycles. The van der Waals surface area contributed by atoms with Crippen LogP contribution in [0, 0.1) is 12.2 Å². The molecule has 0 saturated carbocycles. The van der Waals surface area contributed by atoms with Gasteiger partial charge >= 0.3 is 0 Å². The standard InChI is InChI=1S/C59H46N4O/c1-40(2)41(3)45-33-34-60-58(36-45)63-54-28-14-13-25-52(54)53-31-30-49(38-56(53)63)64-48-24-15-23-47(37-48)61-39-62(55-32-29-46(35-57(55)61)42-17-7-4-8-18-42)59-50(43-19-9-5-10-20-43)26-16-27-51(59)44-21-11-6-12-22-44/h4-38,40-41H,1-3H3. The molecule has 0 fully saturated rings. The lowest BCUT2D eigenvalue weighted by molar-refractivity contribution is -0.571. The fourth-order valence-corrected chi connectivity index (χ4v) is 9.07. The lowest BCUT2D eigenvalue weighted by Gasteiger charge is -2.17. The van der Waals surface area contributed by atoms with Gasteiger partial charge in [0.25, 0.3) is 6.33 Å². The van der Waals surface area contributed by atoms with E-state index in [1.54, 1.807) is 0 Å². The molecule has 0 spiro atoms. The van der Waals surface area contributed by atoms with Gasteiger partial charge in [0, 0.05) is 23.0 Å². The molecule has 5 heteroatoms. The fraction of sp³-hybridized carbons (Fsp3) is 0.0847. The molecule has 0 aliphatic carbocycles. The number of nitrogens with zero attached hydrogens (tertiary/aromatic N) is 4. The highest BCUT2D eigenvalue weighted by Gasteiger charge is 2.21. The first kappa shape index (κ1) is 38.9. The summed E-state index contributed by atoms with van der Waals surface area (Å²) in [4.78, 5) is 4.92. The van der Waals surface area contributed by atoms with E-state index in [2.05, 4.69) is 241 Å². The predicted molar refractivity (Wildman–Crippen MR) is 262 cm³/mol. The zero-order valence-corrected chi connectivity index (χ0v) is 36.1. The van der Waals surface area contributed by atoms with Gasteiger partial charge in [0.05, 0.1) is 33.4 Å². The Labute approximate surface area is 373 Å². The van der Waals surface area contributed by atoms with Crippen molar-refractivity contribution >= 4 is 32.8 Å². The van der Waals surface area contributed by atoms with E-state index < -0.39 is 0 Å². The maximum Gasteiger partial charge on any atom is 0.269 e. The Morgan fingerprint density at radius 3 is 1.86 bits per heavy atom. The highest BCUT2D eigenvalue weighted by Crippen LogP contribution is 2.38. The summed E-state index contributed by atoms with van der Waals surface area (Å²) in [7, 11) is 0. The van der Waals surface area contributed by atoms with Gasteiger partial charge in [-0.1, -0.05) is 166 Å². The van der Waals surface area contributed by atoms with Crippen LogP contribution in [0.1, 0.15) is 32.3 Å². The van der Waals surface area contributed by atoms with E-state index >= 15 is 0 Å². The van der Waals surface area contributed by atoms with Crippen LogP contribution in [-0.4, -0.2) is 14.1 Å². The number of para-hydroxylation sites is 2. The van der Waals surface area contributed by atoms with Gasteiger partial charge in [0.1, 0.15) is 17.3 Å². The van der Waals surface area contributed by atoms with Gasteiger partial charge in [0.2, 0.25) is 0 Å². The fourth-order valence-electron chi connectivity index (χ4n) is 9.07. The van der Waals surface area contributed by atoms with Crippen molar-refractivity contribution in [1.29, 1.82) is 0 Å². The van der Waals surface area contributed by atoms with Crippen molar-refractivity contribution in [1.82, 2.24) is 14.1 Å². The number of hydrogen-bond acceptors (Lipinski definition) is 2. The third kappa shape index (κ3) is 7.01. The number of benzene rings is 8. The summed E-state index contributed by atoms with van der Waals surface area (Å²) in [5.74, 6) is 3.28. The van der Waals surface area contributed by atoms with E-state index in [0.29, 0.717) is 11.8 Å². The Morgan fingerprint density at radius 1 is 0.500 bits per heavy atom. The van der Waals surface area contributed by atoms with Crippen molar-refractivity contribution in [3.63, 3.8) is 0 Å². The Kier molecular flexibility index (Phi) is 9.93. The van der Waals surface area contributed by atoms with Crippen molar-refractivity contribution < 1.29 is 9.30 Å². The van der Waals surface area contributed by atoms with Gasteiger partial charge in [0.15, 0.2) is 0 Å². The summed E-state index contributed by atoms with van der Waals surface area (Å²) in [6.07, 6.45) is 5.80. The zero-order valence-electron chi connectivity index (χ0n) is 36.1. The van der Waals surface area contributed by atoms with Gasteiger partial charge < -0.3 is 4.74 Å². The van der Waals surface area contributed by atoms with Crippen LogP contribution in [0.25, 0.3) is 83.4 Å². The molecule has 0 radical (unpaired) electrons. The number of imidazole rings is 1. The van der Waals surface area contributed by atoms with Crippen molar-refractivity contribution in [2.75, 3.05) is 0 Å². The van der Waals surface area contributed by atoms with Crippen LogP contribution in [-0.2, 0) is 0 Å². The number of ether oxygens (including phenoxy) is 1. The van der Waals surface area contributed by atoms with Crippen LogP contribution in [0.3, 0.4) is 0 Å². The first-order valence-electron chi connectivity index (χ1n) is 22.1. The van der Waals surface area contributed by atoms with Crippen LogP contribution < -0.4 is 9.30 Å². The Balaban J connectivity index is 1.06. The van der Waals surface area contributed by atoms with E-state index in [0.717, 1.165) is 89.5 Å². The molecule has 3 heterocycles. The lowest BCUT2D eigenvalue weighted by Crippen LogP contribution is -2.31. The molecule has 8 aromatic carbocycles. The lowest BCUT2D eigenvalue weighted by atomic mass is 9.91. The smallest absolute Gasteiger partial charge is 0.269 e. The molecule has 11 aromatic rings. The molecule has 5 nitrogen and oxygen atoms in total. The molecule has 1 unspecified atom stereocenters. The minimum absolute atomic E-state index is 0.402. The third-order valence-corrected chi connectivity index (χ3v) is 12.7. The Morgan fingerprint density at radius 2 is 1.14 bits per heavy atom. The van der Waals surface area contributed by atoms with Gasteiger partial charge in [-0.25, -0.2) is 4.98 Å². The zero-order chi connectivity index (χ0) is 43.1. The monoisotopic (exact) mass is 826 g/mol. The van der Waals surface area contributed by atoms with Crippen LogP contribution >= 0.6 is 0 Å². The summed E-state index contributed by atoms with van der Waals surface area (Å²) < 4.78 is 13.5. The van der Waals surface area contributed by atoms with Crippen LogP contribution in [0.15, 0.2) is 212 Å². The number of rotatable bonds is 10. The SMILES string of the molecule is CC(C)C(C)c1ccnc(-n2c3ccccc3c3ccc(Oc4cccc(-n5[c-][n+](-c6c(-c7ccccc7)cccc6-c6ccccc6)c6ccc(-c7ccccc7)cc65)c4)cc32)c1. The van der Waals surface area contributed by atoms with Gasteiger partial charge in [-0.3, -0.25) is 13.7 Å². The Hall–Kier alpha value is -8.02. The van der Waals surface area contributed by atoms with E-state index in [1.807, 2.05) is 12.3 Å². The van der Waals surface area contributed by atoms with E-state index in [4.69, 9.17) is 9.72 Å². The topological polar surface area (TPSA) is 35.9 Å². The summed E-state index contributed by atoms with van der Waals surface area (Å²) in [5.41, 5.74) is 14.3. The van der Waals surface area contributed by atoms with Gasteiger partial charge in [-0.15, -0.1) is 0 Å². The number of fused-ring (bicyclic) bond motifs is 4. The molecular formula is C59H46N4O. The number of pyridine rings is 1. The van der Waals surface area contributed by atoms with Gasteiger partial charge in [-0.2, -0.15) is 0 Å². The van der Waals surface area contributed by atoms with E-state index in [9.17, 15) is 0 Å². The summed E-state index contributed by atoms with van der Waals surface area (Å²) >= 11 is 0. The number of aromatic nitrogens is 4. The second-order valence-electron chi connectivity index (χ2n) is 16.9. The molecule has 64 heavy (non-hydrogen) atoms. The molecule has 0 aliphatic rings. The molecule has 0 saturated heterocycles. The van der Waals surface area contributed by atoms with Crippen molar-refractivity contribution in [2.45, 2.75) is 26.7 Å². The second-order valence-corrected chi connectivity index (χ2v) is 16.9. The number of hydrogen-bond donors (Lipinski definition) is 0. The van der Waals surface area contributed by atoms with E-state index in [1.165, 1.54) is 10.9 Å². The van der Waals surface area contributed by atoms with Crippen molar-refractivity contribution in [2.24, 2.45) is 5.92 Å². The maximum absolute atomic E-state index is 6.81. The molecule has 11 rings (SSSR count). The first-order valence-corrected chi connectivity index (χ1v) is 22.1. The maximum atomic E-state index is 6.81. The average molecular weight is 827 g/mol. The van der Waals surface area contributed by atoms with E-state index in [-0.39, 0.29) is 0 Å². The Bertz CT molecular complexity index is 3400. The normalized spacial score (nSPS) is 12.1. The molecule has 0 bridgehead atoms. The van der Waals surface area contributed by atoms with Crippen molar-refractivity contribution in [3.8, 4) is 62.1 Å². The summed E-state index contributed by atoms with van der Waals surface area (Å²) in [6.45, 7) is 6.83. The van der Waals surface area contributed by atoms with Crippen molar-refractivity contribution in [3.05, 3.63) is 224 Å². The summed E-state index contributed by atoms with van der Waals surface area (Å²) in [6, 6.07) is 72.7. The van der Waals surface area contributed by atoms with Gasteiger partial charge in [-0.05, 0) is 105 Å². The minimum atomic E-state index is 0.402. The predicted octanol–water partition coefficient (Wildman–Crippen LogP) is 14.8. The molecule has 0 N–H and O–H groups in total. The van der Waals surface area contributed by atoms with Crippen LogP contribution in [0.2, 0.25) is 0 Å². The molecule has 308 valence electrons. The highest BCUT2D eigenvalue weighted by atomic mass is 16.5. The molecule has 0 amide bonds. The molecule has 1 atom stereocenters. The molecular weight excluding hydrogens is 781 g/mol. The second kappa shape index (κ2) is 16.4. The third-order valence-electron chi connectivity index (χ3n) is 12.7.